The molecular formula is C15H18ClN3O. The van der Waals surface area contributed by atoms with Crippen molar-refractivity contribution in [2.45, 2.75) is 26.3 Å². The molecule has 1 aromatic rings. The summed E-state index contributed by atoms with van der Waals surface area (Å²) in [5.74, 6) is 0.282. The van der Waals surface area contributed by atoms with Gasteiger partial charge in [-0.05, 0) is 30.2 Å². The molecule has 0 bridgehead atoms. The minimum Gasteiger partial charge on any atom is -0.330 e. The number of urea groups is 1. The zero-order valence-electron chi connectivity index (χ0n) is 11.6. The Kier molecular flexibility index (Phi) is 4.79. The van der Waals surface area contributed by atoms with Gasteiger partial charge < -0.3 is 10.6 Å². The first-order valence-electron chi connectivity index (χ1n) is 6.61. The van der Waals surface area contributed by atoms with Gasteiger partial charge in [-0.25, -0.2) is 4.79 Å². The first kappa shape index (κ1) is 14.6. The lowest BCUT2D eigenvalue weighted by Crippen LogP contribution is -2.45. The molecule has 0 radical (unpaired) electrons. The third-order valence-corrected chi connectivity index (χ3v) is 3.34. The van der Waals surface area contributed by atoms with Gasteiger partial charge in [0, 0.05) is 29.0 Å². The first-order chi connectivity index (χ1) is 9.56. The van der Waals surface area contributed by atoms with E-state index in [4.69, 9.17) is 11.6 Å². The van der Waals surface area contributed by atoms with Gasteiger partial charge in [-0.3, -0.25) is 4.99 Å². The molecule has 0 aromatic heterocycles. The van der Waals surface area contributed by atoms with E-state index >= 15 is 0 Å². The number of allylic oxidation sites excluding steroid dienone is 1. The molecule has 2 N–H and O–H groups in total. The van der Waals surface area contributed by atoms with Gasteiger partial charge in [0.05, 0.1) is 6.04 Å². The summed E-state index contributed by atoms with van der Waals surface area (Å²) in [6.45, 7) is 4.13. The van der Waals surface area contributed by atoms with Crippen LogP contribution in [0.25, 0.3) is 0 Å². The SMILES string of the molecule is CC(C)[C@H](NC(=O)Nc1ccc(Cl)cc1)C1=NC=CC1. The monoisotopic (exact) mass is 291 g/mol. The molecule has 106 valence electrons. The van der Waals surface area contributed by atoms with Crippen LogP contribution in [0, 0.1) is 5.92 Å². The summed E-state index contributed by atoms with van der Waals surface area (Å²) < 4.78 is 0. The smallest absolute Gasteiger partial charge is 0.319 e. The number of aliphatic imine (C=N–C) groups is 1. The van der Waals surface area contributed by atoms with Crippen molar-refractivity contribution < 1.29 is 4.79 Å². The Hall–Kier alpha value is -1.81. The molecule has 1 atom stereocenters. The Balaban J connectivity index is 1.96. The van der Waals surface area contributed by atoms with Gasteiger partial charge in [0.25, 0.3) is 0 Å². The van der Waals surface area contributed by atoms with Crippen molar-refractivity contribution in [3.63, 3.8) is 0 Å². The van der Waals surface area contributed by atoms with Crippen LogP contribution < -0.4 is 10.6 Å². The normalized spacial score (nSPS) is 15.1. The van der Waals surface area contributed by atoms with Crippen molar-refractivity contribution in [3.8, 4) is 0 Å². The van der Waals surface area contributed by atoms with E-state index < -0.39 is 0 Å². The van der Waals surface area contributed by atoms with Crippen LogP contribution in [-0.2, 0) is 0 Å². The molecule has 0 spiro atoms. The average molecular weight is 292 g/mol. The van der Waals surface area contributed by atoms with Gasteiger partial charge in [-0.1, -0.05) is 31.5 Å². The fourth-order valence-corrected chi connectivity index (χ4v) is 2.18. The fourth-order valence-electron chi connectivity index (χ4n) is 2.06. The van der Waals surface area contributed by atoms with Crippen LogP contribution in [0.5, 0.6) is 0 Å². The Labute approximate surface area is 123 Å². The molecule has 5 heteroatoms. The number of carbonyl (C=O) groups excluding carboxylic acids is 1. The minimum absolute atomic E-state index is 0.0581. The summed E-state index contributed by atoms with van der Waals surface area (Å²) in [6, 6.07) is 6.71. The maximum Gasteiger partial charge on any atom is 0.319 e. The molecule has 1 aliphatic rings. The molecule has 1 aliphatic heterocycles. The Bertz CT molecular complexity index is 535. The van der Waals surface area contributed by atoms with Crippen molar-refractivity contribution in [1.82, 2.24) is 5.32 Å². The summed E-state index contributed by atoms with van der Waals surface area (Å²) in [5.41, 5.74) is 1.70. The quantitative estimate of drug-likeness (QED) is 0.870. The molecule has 2 rings (SSSR count). The number of hydrogen-bond donors (Lipinski definition) is 2. The third-order valence-electron chi connectivity index (χ3n) is 3.09. The largest absolute Gasteiger partial charge is 0.330 e. The van der Waals surface area contributed by atoms with Crippen LogP contribution in [0.3, 0.4) is 0 Å². The summed E-state index contributed by atoms with van der Waals surface area (Å²) in [4.78, 5) is 16.3. The molecule has 0 saturated carbocycles. The molecule has 0 unspecified atom stereocenters. The summed E-state index contributed by atoms with van der Waals surface area (Å²) in [7, 11) is 0. The number of halogens is 1. The lowest BCUT2D eigenvalue weighted by Gasteiger charge is -2.22. The molecule has 20 heavy (non-hydrogen) atoms. The molecule has 0 saturated heterocycles. The lowest BCUT2D eigenvalue weighted by molar-refractivity contribution is 0.248. The molecule has 2 amide bonds. The van der Waals surface area contributed by atoms with Gasteiger partial charge in [0.2, 0.25) is 0 Å². The highest BCUT2D eigenvalue weighted by molar-refractivity contribution is 6.30. The van der Waals surface area contributed by atoms with E-state index in [1.165, 1.54) is 0 Å². The van der Waals surface area contributed by atoms with Crippen LogP contribution >= 0.6 is 11.6 Å². The van der Waals surface area contributed by atoms with Crippen LogP contribution in [0.1, 0.15) is 20.3 Å². The second kappa shape index (κ2) is 6.57. The standard InChI is InChI=1S/C15H18ClN3O/c1-10(2)14(13-4-3-9-17-13)19-15(20)18-12-7-5-11(16)6-8-12/h3,5-10,14H,4H2,1-2H3,(H2,18,19,20)/t14-/m0/s1. The highest BCUT2D eigenvalue weighted by Gasteiger charge is 2.22. The molecule has 1 aromatic carbocycles. The van der Waals surface area contributed by atoms with Crippen LogP contribution in [0.15, 0.2) is 41.5 Å². The number of benzene rings is 1. The van der Waals surface area contributed by atoms with Crippen LogP contribution in [0.2, 0.25) is 5.02 Å². The van der Waals surface area contributed by atoms with Crippen molar-refractivity contribution in [1.29, 1.82) is 0 Å². The average Bonchev–Trinajstić information content (AvgIpc) is 2.92. The van der Waals surface area contributed by atoms with Gasteiger partial charge in [-0.2, -0.15) is 0 Å². The van der Waals surface area contributed by atoms with E-state index in [0.717, 1.165) is 12.1 Å². The molecule has 0 aliphatic carbocycles. The van der Waals surface area contributed by atoms with E-state index in [-0.39, 0.29) is 18.0 Å². The number of amides is 2. The van der Waals surface area contributed by atoms with E-state index in [9.17, 15) is 4.79 Å². The van der Waals surface area contributed by atoms with Crippen molar-refractivity contribution in [2.24, 2.45) is 10.9 Å². The van der Waals surface area contributed by atoms with Gasteiger partial charge >= 0.3 is 6.03 Å². The predicted molar refractivity (Wildman–Crippen MR) is 83.4 cm³/mol. The maximum absolute atomic E-state index is 12.0. The zero-order chi connectivity index (χ0) is 14.5. The minimum atomic E-state index is -0.236. The molecule has 1 heterocycles. The second-order valence-electron chi connectivity index (χ2n) is 5.04. The van der Waals surface area contributed by atoms with Gasteiger partial charge in [0.1, 0.15) is 0 Å². The van der Waals surface area contributed by atoms with E-state index in [1.807, 2.05) is 6.08 Å². The lowest BCUT2D eigenvalue weighted by atomic mass is 9.98. The fraction of sp³-hybridized carbons (Fsp3) is 0.333. The maximum atomic E-state index is 12.0. The predicted octanol–water partition coefficient (Wildman–Crippen LogP) is 3.84. The van der Waals surface area contributed by atoms with Gasteiger partial charge in [0.15, 0.2) is 0 Å². The third kappa shape index (κ3) is 3.84. The van der Waals surface area contributed by atoms with Crippen molar-refractivity contribution in [2.75, 3.05) is 5.32 Å². The van der Waals surface area contributed by atoms with E-state index in [2.05, 4.69) is 29.5 Å². The molecular weight excluding hydrogens is 274 g/mol. The van der Waals surface area contributed by atoms with Gasteiger partial charge in [-0.15, -0.1) is 0 Å². The first-order valence-corrected chi connectivity index (χ1v) is 6.98. The van der Waals surface area contributed by atoms with Crippen LogP contribution in [-0.4, -0.2) is 17.8 Å². The number of rotatable bonds is 4. The topological polar surface area (TPSA) is 53.5 Å². The Morgan fingerprint density at radius 2 is 2.00 bits per heavy atom. The summed E-state index contributed by atoms with van der Waals surface area (Å²) in [6.07, 6.45) is 4.57. The van der Waals surface area contributed by atoms with Crippen molar-refractivity contribution >= 4 is 29.0 Å². The van der Waals surface area contributed by atoms with E-state index in [0.29, 0.717) is 10.7 Å². The molecule has 4 nitrogen and oxygen atoms in total. The highest BCUT2D eigenvalue weighted by Crippen LogP contribution is 2.15. The number of nitrogens with zero attached hydrogens (tertiary/aromatic N) is 1. The number of anilines is 1. The number of carbonyl (C=O) groups is 1. The van der Waals surface area contributed by atoms with E-state index in [1.54, 1.807) is 30.5 Å². The number of nitrogens with one attached hydrogen (secondary N) is 2. The summed E-state index contributed by atoms with van der Waals surface area (Å²) in [5, 5.41) is 6.40. The molecule has 0 fully saturated rings. The number of hydrogen-bond acceptors (Lipinski definition) is 2. The van der Waals surface area contributed by atoms with Crippen molar-refractivity contribution in [3.05, 3.63) is 41.6 Å². The second-order valence-corrected chi connectivity index (χ2v) is 5.47. The Morgan fingerprint density at radius 3 is 2.55 bits per heavy atom. The zero-order valence-corrected chi connectivity index (χ0v) is 12.3. The Morgan fingerprint density at radius 1 is 1.30 bits per heavy atom. The van der Waals surface area contributed by atoms with Crippen LogP contribution in [0.4, 0.5) is 10.5 Å². The summed E-state index contributed by atoms with van der Waals surface area (Å²) >= 11 is 5.81. The highest BCUT2D eigenvalue weighted by atomic mass is 35.5.